The van der Waals surface area contributed by atoms with Gasteiger partial charge in [-0.3, -0.25) is 0 Å². The van der Waals surface area contributed by atoms with Gasteiger partial charge in [-0.25, -0.2) is 15.0 Å². The van der Waals surface area contributed by atoms with E-state index in [4.69, 9.17) is 5.73 Å². The molecule has 0 aliphatic rings. The van der Waals surface area contributed by atoms with Crippen LogP contribution >= 0.6 is 0 Å². The molecule has 0 amide bonds. The molecule has 0 aliphatic carbocycles. The van der Waals surface area contributed by atoms with Crippen LogP contribution < -0.4 is 5.73 Å². The molecule has 0 radical (unpaired) electrons. The van der Waals surface area contributed by atoms with E-state index >= 15 is 0 Å². The fourth-order valence-corrected chi connectivity index (χ4v) is 2.54. The van der Waals surface area contributed by atoms with Crippen LogP contribution in [0.25, 0.3) is 22.2 Å². The van der Waals surface area contributed by atoms with E-state index in [1.165, 1.54) is 0 Å². The van der Waals surface area contributed by atoms with Crippen LogP contribution in [0.5, 0.6) is 0 Å². The smallest absolute Gasteiger partial charge is 0.174 e. The number of nitrogens with zero attached hydrogens (tertiary/aromatic N) is 5. The Kier molecular flexibility index (Phi) is 3.66. The van der Waals surface area contributed by atoms with Crippen LogP contribution in [0.4, 0.5) is 17.3 Å². The second kappa shape index (κ2) is 6.12. The molecule has 0 bridgehead atoms. The molecule has 0 saturated carbocycles. The number of fused-ring (bicyclic) bond motifs is 1. The van der Waals surface area contributed by atoms with E-state index in [-0.39, 0.29) is 0 Å². The summed E-state index contributed by atoms with van der Waals surface area (Å²) in [7, 11) is 0. The van der Waals surface area contributed by atoms with Crippen molar-refractivity contribution in [3.05, 3.63) is 60.7 Å². The van der Waals surface area contributed by atoms with Crippen molar-refractivity contribution in [2.24, 2.45) is 10.2 Å². The lowest BCUT2D eigenvalue weighted by atomic mass is 10.1. The molecule has 7 heteroatoms. The Morgan fingerprint density at radius 1 is 1.00 bits per heavy atom. The highest BCUT2D eigenvalue weighted by atomic mass is 15.2. The van der Waals surface area contributed by atoms with Gasteiger partial charge in [0.2, 0.25) is 0 Å². The average molecular weight is 329 g/mol. The van der Waals surface area contributed by atoms with E-state index in [0.717, 1.165) is 27.7 Å². The fourth-order valence-electron chi connectivity index (χ4n) is 2.54. The number of aromatic nitrogens is 4. The number of rotatable bonds is 3. The van der Waals surface area contributed by atoms with Gasteiger partial charge in [-0.1, -0.05) is 17.7 Å². The topological polar surface area (TPSA) is 105 Å². The van der Waals surface area contributed by atoms with Crippen LogP contribution in [0.1, 0.15) is 5.56 Å². The third-order valence-corrected chi connectivity index (χ3v) is 3.82. The first-order valence-electron chi connectivity index (χ1n) is 7.73. The van der Waals surface area contributed by atoms with Crippen LogP contribution in [-0.4, -0.2) is 19.9 Å². The van der Waals surface area contributed by atoms with E-state index < -0.39 is 0 Å². The van der Waals surface area contributed by atoms with Crippen LogP contribution in [0.2, 0.25) is 0 Å². The van der Waals surface area contributed by atoms with Crippen molar-refractivity contribution >= 4 is 28.1 Å². The van der Waals surface area contributed by atoms with Gasteiger partial charge in [0, 0.05) is 41.1 Å². The van der Waals surface area contributed by atoms with Crippen LogP contribution in [0.15, 0.2) is 65.3 Å². The minimum absolute atomic E-state index is 0.342. The van der Waals surface area contributed by atoms with E-state index in [2.05, 4.69) is 30.2 Å². The summed E-state index contributed by atoms with van der Waals surface area (Å²) in [5.74, 6) is 1.59. The van der Waals surface area contributed by atoms with Gasteiger partial charge in [0.1, 0.15) is 11.5 Å². The maximum absolute atomic E-state index is 5.99. The lowest BCUT2D eigenvalue weighted by Gasteiger charge is -2.05. The molecular weight excluding hydrogens is 314 g/mol. The molecule has 3 aromatic heterocycles. The molecule has 122 valence electrons. The number of benzene rings is 1. The zero-order valence-corrected chi connectivity index (χ0v) is 13.5. The second-order valence-corrected chi connectivity index (χ2v) is 5.63. The second-order valence-electron chi connectivity index (χ2n) is 5.63. The Bertz CT molecular complexity index is 1050. The summed E-state index contributed by atoms with van der Waals surface area (Å²) >= 11 is 0. The number of aromatic amines is 1. The van der Waals surface area contributed by atoms with Crippen molar-refractivity contribution in [3.63, 3.8) is 0 Å². The quantitative estimate of drug-likeness (QED) is 0.546. The number of nitrogen functional groups attached to an aromatic ring is 1. The van der Waals surface area contributed by atoms with Gasteiger partial charge in [0.05, 0.1) is 0 Å². The third kappa shape index (κ3) is 2.94. The average Bonchev–Trinajstić information content (AvgIpc) is 3.16. The zero-order valence-electron chi connectivity index (χ0n) is 13.5. The number of hydrogen-bond acceptors (Lipinski definition) is 6. The van der Waals surface area contributed by atoms with Gasteiger partial charge >= 0.3 is 0 Å². The molecule has 0 fully saturated rings. The Hall–Kier alpha value is -3.61. The highest BCUT2D eigenvalue weighted by Crippen LogP contribution is 2.32. The molecule has 3 heterocycles. The Balaban J connectivity index is 1.69. The maximum atomic E-state index is 5.99. The highest BCUT2D eigenvalue weighted by molar-refractivity contribution is 5.96. The molecule has 4 aromatic rings. The standard InChI is InChI=1S/C18H15N7/c1-11-2-3-12-9-23-17(19)16(14(12)8-11)25-24-15-5-4-13(10-22-15)18-20-6-7-21-18/h2-10H,1H3,(H2,19,23)(H,20,21). The summed E-state index contributed by atoms with van der Waals surface area (Å²) in [6.45, 7) is 2.02. The molecule has 3 N–H and O–H groups in total. The number of anilines is 1. The predicted molar refractivity (Wildman–Crippen MR) is 96.9 cm³/mol. The van der Waals surface area contributed by atoms with Crippen molar-refractivity contribution in [1.29, 1.82) is 0 Å². The maximum Gasteiger partial charge on any atom is 0.174 e. The Morgan fingerprint density at radius 3 is 2.68 bits per heavy atom. The summed E-state index contributed by atoms with van der Waals surface area (Å²) in [6, 6.07) is 9.70. The number of nitrogens with one attached hydrogen (secondary N) is 1. The molecule has 0 unspecified atom stereocenters. The van der Waals surface area contributed by atoms with E-state index in [0.29, 0.717) is 17.3 Å². The molecule has 0 spiro atoms. The minimum Gasteiger partial charge on any atom is -0.382 e. The molecule has 4 rings (SSSR count). The molecule has 0 saturated heterocycles. The van der Waals surface area contributed by atoms with E-state index in [9.17, 15) is 0 Å². The predicted octanol–water partition coefficient (Wildman–Crippen LogP) is 4.33. The minimum atomic E-state index is 0.342. The van der Waals surface area contributed by atoms with Crippen molar-refractivity contribution in [3.8, 4) is 11.4 Å². The number of azo groups is 1. The first-order chi connectivity index (χ1) is 12.2. The van der Waals surface area contributed by atoms with Crippen molar-refractivity contribution in [2.45, 2.75) is 6.92 Å². The number of imidazole rings is 1. The van der Waals surface area contributed by atoms with Gasteiger partial charge in [0.25, 0.3) is 0 Å². The monoisotopic (exact) mass is 329 g/mol. The van der Waals surface area contributed by atoms with E-state index in [1.807, 2.05) is 31.2 Å². The first-order valence-corrected chi connectivity index (χ1v) is 7.73. The molecule has 0 aliphatic heterocycles. The summed E-state index contributed by atoms with van der Waals surface area (Å²) < 4.78 is 0. The number of H-pyrrole nitrogens is 1. The summed E-state index contributed by atoms with van der Waals surface area (Å²) in [4.78, 5) is 15.7. The third-order valence-electron chi connectivity index (χ3n) is 3.82. The molecule has 7 nitrogen and oxygen atoms in total. The van der Waals surface area contributed by atoms with Crippen molar-refractivity contribution in [1.82, 2.24) is 19.9 Å². The fraction of sp³-hybridized carbons (Fsp3) is 0.0556. The van der Waals surface area contributed by atoms with Gasteiger partial charge in [-0.05, 0) is 25.1 Å². The summed E-state index contributed by atoms with van der Waals surface area (Å²) in [5, 5.41) is 10.4. The molecule has 0 atom stereocenters. The number of pyridine rings is 2. The van der Waals surface area contributed by atoms with Crippen LogP contribution in [0, 0.1) is 6.92 Å². The van der Waals surface area contributed by atoms with Gasteiger partial charge in [-0.2, -0.15) is 0 Å². The lowest BCUT2D eigenvalue weighted by molar-refractivity contribution is 1.15. The number of aryl methyl sites for hydroxylation is 1. The first kappa shape index (κ1) is 14.9. The number of hydrogen-bond donors (Lipinski definition) is 2. The SMILES string of the molecule is Cc1ccc2cnc(N)c(N=Nc3ccc(-c4ncc[nH]4)cn3)c2c1. The normalized spacial score (nSPS) is 11.4. The van der Waals surface area contributed by atoms with Crippen LogP contribution in [-0.2, 0) is 0 Å². The summed E-state index contributed by atoms with van der Waals surface area (Å²) in [5.41, 5.74) is 8.55. The Labute approximate surface area is 143 Å². The van der Waals surface area contributed by atoms with Gasteiger partial charge in [0.15, 0.2) is 11.6 Å². The summed E-state index contributed by atoms with van der Waals surface area (Å²) in [6.07, 6.45) is 6.89. The van der Waals surface area contributed by atoms with Crippen molar-refractivity contribution < 1.29 is 0 Å². The number of nitrogens with two attached hydrogens (primary N) is 1. The van der Waals surface area contributed by atoms with Gasteiger partial charge in [-0.15, -0.1) is 10.2 Å². The van der Waals surface area contributed by atoms with Crippen molar-refractivity contribution in [2.75, 3.05) is 5.73 Å². The zero-order chi connectivity index (χ0) is 17.2. The lowest BCUT2D eigenvalue weighted by Crippen LogP contribution is -1.91. The van der Waals surface area contributed by atoms with Gasteiger partial charge < -0.3 is 10.7 Å². The molecule has 25 heavy (non-hydrogen) atoms. The molecular formula is C18H15N7. The van der Waals surface area contributed by atoms with E-state index in [1.54, 1.807) is 30.9 Å². The van der Waals surface area contributed by atoms with Crippen LogP contribution in [0.3, 0.4) is 0 Å². The Morgan fingerprint density at radius 2 is 1.92 bits per heavy atom. The highest BCUT2D eigenvalue weighted by Gasteiger charge is 2.07. The largest absolute Gasteiger partial charge is 0.382 e. The molecule has 1 aromatic carbocycles.